The molecule has 0 aromatic heterocycles. The van der Waals surface area contributed by atoms with E-state index in [9.17, 15) is 0 Å². The van der Waals surface area contributed by atoms with E-state index >= 15 is 0 Å². The predicted molar refractivity (Wildman–Crippen MR) is 76.8 cm³/mol. The van der Waals surface area contributed by atoms with Crippen molar-refractivity contribution in [1.82, 2.24) is 0 Å². The van der Waals surface area contributed by atoms with Crippen LogP contribution in [0.15, 0.2) is 24.3 Å². The average Bonchev–Trinajstić information content (AvgIpc) is 2.86. The summed E-state index contributed by atoms with van der Waals surface area (Å²) >= 11 is 0. The van der Waals surface area contributed by atoms with Gasteiger partial charge in [-0.2, -0.15) is 0 Å². The van der Waals surface area contributed by atoms with Gasteiger partial charge in [0.05, 0.1) is 0 Å². The lowest BCUT2D eigenvalue weighted by molar-refractivity contribution is 0.361. The molecule has 2 aliphatic rings. The standard InChI is InChI=1S/C16H24N2/c1-12(17)14-8-2-3-9-16(14)18-11-5-7-13-6-4-10-15(13)18/h2-3,8-9,12-13,15H,4-7,10-11,17H2,1H3. The van der Waals surface area contributed by atoms with Crippen molar-refractivity contribution < 1.29 is 0 Å². The highest BCUT2D eigenvalue weighted by molar-refractivity contribution is 5.56. The summed E-state index contributed by atoms with van der Waals surface area (Å²) in [5.41, 5.74) is 8.83. The number of rotatable bonds is 2. The van der Waals surface area contributed by atoms with E-state index in [1.807, 2.05) is 0 Å². The minimum Gasteiger partial charge on any atom is -0.368 e. The van der Waals surface area contributed by atoms with E-state index in [0.717, 1.165) is 12.0 Å². The van der Waals surface area contributed by atoms with E-state index in [0.29, 0.717) is 0 Å². The Morgan fingerprint density at radius 2 is 1.94 bits per heavy atom. The second-order valence-corrected chi connectivity index (χ2v) is 5.94. The number of para-hydroxylation sites is 1. The van der Waals surface area contributed by atoms with Crippen LogP contribution in [0.2, 0.25) is 0 Å². The number of piperidine rings is 1. The molecule has 1 aromatic rings. The Morgan fingerprint density at radius 3 is 2.78 bits per heavy atom. The van der Waals surface area contributed by atoms with Crippen molar-refractivity contribution in [1.29, 1.82) is 0 Å². The van der Waals surface area contributed by atoms with E-state index in [-0.39, 0.29) is 6.04 Å². The molecule has 98 valence electrons. The zero-order chi connectivity index (χ0) is 12.5. The Morgan fingerprint density at radius 1 is 1.17 bits per heavy atom. The number of hydrogen-bond acceptors (Lipinski definition) is 2. The average molecular weight is 244 g/mol. The van der Waals surface area contributed by atoms with Crippen LogP contribution in [0.3, 0.4) is 0 Å². The molecule has 1 heterocycles. The molecule has 2 heteroatoms. The molecule has 1 aliphatic heterocycles. The first kappa shape index (κ1) is 12.0. The van der Waals surface area contributed by atoms with Gasteiger partial charge < -0.3 is 10.6 Å². The fourth-order valence-electron chi connectivity index (χ4n) is 3.89. The van der Waals surface area contributed by atoms with Gasteiger partial charge in [-0.25, -0.2) is 0 Å². The molecule has 18 heavy (non-hydrogen) atoms. The van der Waals surface area contributed by atoms with Crippen molar-refractivity contribution in [2.45, 2.75) is 51.1 Å². The molecule has 2 N–H and O–H groups in total. The fourth-order valence-corrected chi connectivity index (χ4v) is 3.89. The molecule has 0 bridgehead atoms. The van der Waals surface area contributed by atoms with Crippen LogP contribution < -0.4 is 10.6 Å². The third-order valence-electron chi connectivity index (χ3n) is 4.73. The summed E-state index contributed by atoms with van der Waals surface area (Å²) in [7, 11) is 0. The van der Waals surface area contributed by atoms with E-state index in [1.165, 1.54) is 49.9 Å². The maximum Gasteiger partial charge on any atom is 0.0417 e. The molecule has 1 saturated carbocycles. The van der Waals surface area contributed by atoms with Crippen molar-refractivity contribution in [2.75, 3.05) is 11.4 Å². The summed E-state index contributed by atoms with van der Waals surface area (Å²) in [5, 5.41) is 0. The largest absolute Gasteiger partial charge is 0.368 e. The minimum atomic E-state index is 0.128. The smallest absolute Gasteiger partial charge is 0.0417 e. The Labute approximate surface area is 110 Å². The number of nitrogens with zero attached hydrogens (tertiary/aromatic N) is 1. The van der Waals surface area contributed by atoms with Crippen molar-refractivity contribution in [3.8, 4) is 0 Å². The van der Waals surface area contributed by atoms with Crippen molar-refractivity contribution in [3.63, 3.8) is 0 Å². The molecule has 2 fully saturated rings. The van der Waals surface area contributed by atoms with Gasteiger partial charge in [0.15, 0.2) is 0 Å². The summed E-state index contributed by atoms with van der Waals surface area (Å²) < 4.78 is 0. The maximum atomic E-state index is 6.13. The lowest BCUT2D eigenvalue weighted by atomic mass is 9.90. The van der Waals surface area contributed by atoms with Crippen LogP contribution in [0.25, 0.3) is 0 Å². The highest BCUT2D eigenvalue weighted by Crippen LogP contribution is 2.40. The molecule has 3 atom stereocenters. The number of hydrogen-bond donors (Lipinski definition) is 1. The first-order chi connectivity index (χ1) is 8.77. The van der Waals surface area contributed by atoms with E-state index in [4.69, 9.17) is 5.73 Å². The molecule has 0 radical (unpaired) electrons. The van der Waals surface area contributed by atoms with Gasteiger partial charge >= 0.3 is 0 Å². The first-order valence-electron chi connectivity index (χ1n) is 7.38. The summed E-state index contributed by atoms with van der Waals surface area (Å²) in [4.78, 5) is 2.65. The number of fused-ring (bicyclic) bond motifs is 1. The minimum absolute atomic E-state index is 0.128. The summed E-state index contributed by atoms with van der Waals surface area (Å²) in [6, 6.07) is 9.62. The van der Waals surface area contributed by atoms with Gasteiger partial charge in [-0.1, -0.05) is 24.6 Å². The molecule has 1 saturated heterocycles. The summed E-state index contributed by atoms with van der Waals surface area (Å²) in [5.74, 6) is 0.930. The third kappa shape index (κ3) is 2.03. The van der Waals surface area contributed by atoms with Gasteiger partial charge in [0.1, 0.15) is 0 Å². The van der Waals surface area contributed by atoms with E-state index in [1.54, 1.807) is 0 Å². The molecular weight excluding hydrogens is 220 g/mol. The topological polar surface area (TPSA) is 29.3 Å². The van der Waals surface area contributed by atoms with Crippen LogP contribution in [-0.2, 0) is 0 Å². The highest BCUT2D eigenvalue weighted by atomic mass is 15.2. The zero-order valence-corrected chi connectivity index (χ0v) is 11.3. The number of anilines is 1. The van der Waals surface area contributed by atoms with Crippen LogP contribution in [-0.4, -0.2) is 12.6 Å². The number of benzene rings is 1. The third-order valence-corrected chi connectivity index (χ3v) is 4.73. The molecule has 2 nitrogen and oxygen atoms in total. The van der Waals surface area contributed by atoms with Gasteiger partial charge in [0.2, 0.25) is 0 Å². The number of nitrogens with two attached hydrogens (primary N) is 1. The molecule has 3 rings (SSSR count). The second kappa shape index (κ2) is 4.93. The van der Waals surface area contributed by atoms with Crippen molar-refractivity contribution in [2.24, 2.45) is 11.7 Å². The fraction of sp³-hybridized carbons (Fsp3) is 0.625. The van der Waals surface area contributed by atoms with E-state index in [2.05, 4.69) is 36.1 Å². The van der Waals surface area contributed by atoms with Crippen molar-refractivity contribution >= 4 is 5.69 Å². The molecule has 0 spiro atoms. The van der Waals surface area contributed by atoms with Gasteiger partial charge in [0, 0.05) is 24.3 Å². The van der Waals surface area contributed by atoms with Crippen LogP contribution in [0.1, 0.15) is 50.6 Å². The Hall–Kier alpha value is -1.02. The zero-order valence-electron chi connectivity index (χ0n) is 11.3. The van der Waals surface area contributed by atoms with Crippen LogP contribution in [0, 0.1) is 5.92 Å². The Balaban J connectivity index is 1.93. The molecule has 1 aromatic carbocycles. The molecule has 3 unspecified atom stereocenters. The predicted octanol–water partition coefficient (Wildman–Crippen LogP) is 3.48. The van der Waals surface area contributed by atoms with Gasteiger partial charge in [-0.3, -0.25) is 0 Å². The molecule has 1 aliphatic carbocycles. The van der Waals surface area contributed by atoms with Gasteiger partial charge in [-0.05, 0) is 50.2 Å². The SMILES string of the molecule is CC(N)c1ccccc1N1CCCC2CCCC21. The summed E-state index contributed by atoms with van der Waals surface area (Å²) in [6.45, 7) is 3.31. The van der Waals surface area contributed by atoms with Crippen LogP contribution in [0.5, 0.6) is 0 Å². The monoisotopic (exact) mass is 244 g/mol. The van der Waals surface area contributed by atoms with Gasteiger partial charge in [0.25, 0.3) is 0 Å². The normalized spacial score (nSPS) is 29.1. The maximum absolute atomic E-state index is 6.13. The Bertz CT molecular complexity index is 413. The summed E-state index contributed by atoms with van der Waals surface area (Å²) in [6.07, 6.45) is 6.99. The quantitative estimate of drug-likeness (QED) is 0.863. The first-order valence-corrected chi connectivity index (χ1v) is 7.38. The van der Waals surface area contributed by atoms with Crippen molar-refractivity contribution in [3.05, 3.63) is 29.8 Å². The Kier molecular flexibility index (Phi) is 3.29. The van der Waals surface area contributed by atoms with Gasteiger partial charge in [-0.15, -0.1) is 0 Å². The molecular formula is C16H24N2. The lowest BCUT2D eigenvalue weighted by Crippen LogP contribution is -2.43. The van der Waals surface area contributed by atoms with E-state index < -0.39 is 0 Å². The van der Waals surface area contributed by atoms with Crippen LogP contribution in [0.4, 0.5) is 5.69 Å². The highest BCUT2D eigenvalue weighted by Gasteiger charge is 2.35. The molecule has 0 amide bonds. The second-order valence-electron chi connectivity index (χ2n) is 5.94. The van der Waals surface area contributed by atoms with Crippen LogP contribution >= 0.6 is 0 Å². The lowest BCUT2D eigenvalue weighted by Gasteiger charge is -2.40.